The molecule has 5 rings (SSSR count). The van der Waals surface area contributed by atoms with Crippen molar-refractivity contribution >= 4 is 11.8 Å². The van der Waals surface area contributed by atoms with Gasteiger partial charge in [0.15, 0.2) is 0 Å². The summed E-state index contributed by atoms with van der Waals surface area (Å²) in [6, 6.07) is 0.149. The van der Waals surface area contributed by atoms with Crippen molar-refractivity contribution in [3.63, 3.8) is 0 Å². The summed E-state index contributed by atoms with van der Waals surface area (Å²) >= 11 is 0. The molecule has 0 spiro atoms. The van der Waals surface area contributed by atoms with Crippen LogP contribution in [0.1, 0.15) is 19.3 Å². The lowest BCUT2D eigenvalue weighted by Crippen LogP contribution is -2.67. The number of amides is 2. The van der Waals surface area contributed by atoms with Crippen molar-refractivity contribution < 1.29 is 14.7 Å². The summed E-state index contributed by atoms with van der Waals surface area (Å²) in [5.41, 5.74) is 0. The fourth-order valence-electron chi connectivity index (χ4n) is 6.82. The third-order valence-electron chi connectivity index (χ3n) is 7.13. The van der Waals surface area contributed by atoms with Crippen LogP contribution in [0.5, 0.6) is 0 Å². The highest BCUT2D eigenvalue weighted by Gasteiger charge is 2.74. The smallest absolute Gasteiger partial charge is 0.252 e. The van der Waals surface area contributed by atoms with Crippen molar-refractivity contribution in [2.45, 2.75) is 31.4 Å². The number of likely N-dealkylation sites (tertiary alicyclic amines) is 1. The standard InChI is InChI=1S/C16H19NO3/c1-2-11(19)17-15-9-5-8(14(15)16(17)20)13-7-3-6(12(9)13)4-10(7)18/h2,6-10,12-15,18H,1,3-5H2. The van der Waals surface area contributed by atoms with E-state index in [2.05, 4.69) is 6.58 Å². The van der Waals surface area contributed by atoms with Crippen LogP contribution in [0.4, 0.5) is 0 Å². The van der Waals surface area contributed by atoms with Crippen LogP contribution in [0.2, 0.25) is 0 Å². The molecule has 9 unspecified atom stereocenters. The van der Waals surface area contributed by atoms with E-state index < -0.39 is 0 Å². The Kier molecular flexibility index (Phi) is 1.93. The van der Waals surface area contributed by atoms with Gasteiger partial charge < -0.3 is 5.11 Å². The molecule has 1 saturated heterocycles. The maximum atomic E-state index is 12.3. The maximum absolute atomic E-state index is 12.3. The Bertz CT molecular complexity index is 544. The van der Waals surface area contributed by atoms with Gasteiger partial charge in [-0.3, -0.25) is 14.5 Å². The summed E-state index contributed by atoms with van der Waals surface area (Å²) in [5.74, 6) is 3.07. The van der Waals surface area contributed by atoms with Gasteiger partial charge in [0.2, 0.25) is 5.91 Å². The van der Waals surface area contributed by atoms with E-state index in [1.165, 1.54) is 11.0 Å². The summed E-state index contributed by atoms with van der Waals surface area (Å²) in [6.07, 6.45) is 4.31. The molecule has 2 amide bonds. The summed E-state index contributed by atoms with van der Waals surface area (Å²) in [6.45, 7) is 3.51. The van der Waals surface area contributed by atoms with Gasteiger partial charge in [-0.1, -0.05) is 6.58 Å². The third-order valence-corrected chi connectivity index (χ3v) is 7.13. The number of carbonyl (C=O) groups excluding carboxylic acids is 2. The zero-order valence-electron chi connectivity index (χ0n) is 11.3. The van der Waals surface area contributed by atoms with Crippen molar-refractivity contribution in [3.8, 4) is 0 Å². The zero-order valence-corrected chi connectivity index (χ0v) is 11.3. The number of rotatable bonds is 1. The Hall–Kier alpha value is -1.16. The number of aliphatic hydroxyl groups excluding tert-OH is 1. The summed E-state index contributed by atoms with van der Waals surface area (Å²) in [5, 5.41) is 10.1. The van der Waals surface area contributed by atoms with E-state index in [0.717, 1.165) is 19.3 Å². The largest absolute Gasteiger partial charge is 0.393 e. The molecule has 4 saturated carbocycles. The first-order chi connectivity index (χ1) is 9.63. The van der Waals surface area contributed by atoms with Crippen LogP contribution in [-0.2, 0) is 9.59 Å². The first kappa shape index (κ1) is 11.5. The van der Waals surface area contributed by atoms with Crippen LogP contribution in [0.3, 0.4) is 0 Å². The van der Waals surface area contributed by atoms with Gasteiger partial charge in [0.1, 0.15) is 0 Å². The van der Waals surface area contributed by atoms with Gasteiger partial charge in [-0.05, 0) is 60.8 Å². The van der Waals surface area contributed by atoms with Crippen LogP contribution in [0, 0.1) is 41.4 Å². The number of hydrogen-bond acceptors (Lipinski definition) is 3. The summed E-state index contributed by atoms with van der Waals surface area (Å²) in [4.78, 5) is 25.7. The van der Waals surface area contributed by atoms with Crippen molar-refractivity contribution in [2.24, 2.45) is 41.4 Å². The van der Waals surface area contributed by atoms with E-state index in [-0.39, 0.29) is 29.9 Å². The molecule has 0 aromatic carbocycles. The van der Waals surface area contributed by atoms with Gasteiger partial charge in [-0.15, -0.1) is 0 Å². The molecule has 4 bridgehead atoms. The minimum atomic E-state index is -0.219. The molecule has 4 nitrogen and oxygen atoms in total. The first-order valence-corrected chi connectivity index (χ1v) is 7.81. The number of hydrogen-bond donors (Lipinski definition) is 1. The highest BCUT2D eigenvalue weighted by atomic mass is 16.3. The number of carbonyl (C=O) groups is 2. The third kappa shape index (κ3) is 1.01. The van der Waals surface area contributed by atoms with Gasteiger partial charge >= 0.3 is 0 Å². The van der Waals surface area contributed by atoms with Gasteiger partial charge in [0.25, 0.3) is 5.91 Å². The Morgan fingerprint density at radius 1 is 1.20 bits per heavy atom. The minimum absolute atomic E-state index is 0.0168. The first-order valence-electron chi connectivity index (χ1n) is 7.81. The van der Waals surface area contributed by atoms with Crippen LogP contribution in [-0.4, -0.2) is 34.0 Å². The van der Waals surface area contributed by atoms with E-state index in [4.69, 9.17) is 0 Å². The van der Waals surface area contributed by atoms with Crippen LogP contribution in [0.25, 0.3) is 0 Å². The molecular weight excluding hydrogens is 254 g/mol. The molecule has 1 heterocycles. The van der Waals surface area contributed by atoms with Crippen molar-refractivity contribution in [1.82, 2.24) is 4.90 Å². The van der Waals surface area contributed by atoms with Gasteiger partial charge in [0, 0.05) is 0 Å². The predicted molar refractivity (Wildman–Crippen MR) is 70.1 cm³/mol. The van der Waals surface area contributed by atoms with E-state index in [1.54, 1.807) is 0 Å². The minimum Gasteiger partial charge on any atom is -0.393 e. The normalized spacial score (nSPS) is 57.5. The molecule has 4 aliphatic carbocycles. The SMILES string of the molecule is C=CC(=O)N1C(=O)C2C3CC(C4C5CC(O)C(C5)C34)C21. The second-order valence-corrected chi connectivity index (χ2v) is 7.45. The Balaban J connectivity index is 1.51. The predicted octanol–water partition coefficient (Wildman–Crippen LogP) is 0.809. The molecule has 1 aliphatic heterocycles. The molecule has 1 N–H and O–H groups in total. The molecule has 20 heavy (non-hydrogen) atoms. The molecule has 5 aliphatic rings. The Morgan fingerprint density at radius 2 is 2.00 bits per heavy atom. The summed E-state index contributed by atoms with van der Waals surface area (Å²) < 4.78 is 0. The average molecular weight is 273 g/mol. The fraction of sp³-hybridized carbons (Fsp3) is 0.750. The molecule has 5 fully saturated rings. The quantitative estimate of drug-likeness (QED) is 0.437. The lowest BCUT2D eigenvalue weighted by molar-refractivity contribution is -0.173. The van der Waals surface area contributed by atoms with Crippen molar-refractivity contribution in [1.29, 1.82) is 0 Å². The number of aliphatic hydroxyl groups is 1. The molecule has 9 atom stereocenters. The highest BCUT2D eigenvalue weighted by molar-refractivity contribution is 6.06. The second-order valence-electron chi connectivity index (χ2n) is 7.45. The maximum Gasteiger partial charge on any atom is 0.252 e. The monoisotopic (exact) mass is 273 g/mol. The van der Waals surface area contributed by atoms with Gasteiger partial charge in [-0.25, -0.2) is 0 Å². The van der Waals surface area contributed by atoms with Gasteiger partial charge in [0.05, 0.1) is 18.1 Å². The molecule has 0 radical (unpaired) electrons. The zero-order chi connectivity index (χ0) is 13.8. The molecule has 4 heteroatoms. The van der Waals surface area contributed by atoms with E-state index in [9.17, 15) is 14.7 Å². The molecule has 106 valence electrons. The van der Waals surface area contributed by atoms with Crippen LogP contribution >= 0.6 is 0 Å². The van der Waals surface area contributed by atoms with E-state index in [0.29, 0.717) is 35.5 Å². The topological polar surface area (TPSA) is 57.6 Å². The molecular formula is C16H19NO3. The Labute approximate surface area is 117 Å². The van der Waals surface area contributed by atoms with Gasteiger partial charge in [-0.2, -0.15) is 0 Å². The molecule has 0 aromatic heterocycles. The lowest BCUT2D eigenvalue weighted by atomic mass is 9.61. The number of imide groups is 1. The average Bonchev–Trinajstić information content (AvgIpc) is 3.12. The van der Waals surface area contributed by atoms with E-state index >= 15 is 0 Å². The lowest BCUT2D eigenvalue weighted by Gasteiger charge is -2.53. The van der Waals surface area contributed by atoms with Crippen LogP contribution in [0.15, 0.2) is 12.7 Å². The Morgan fingerprint density at radius 3 is 2.75 bits per heavy atom. The van der Waals surface area contributed by atoms with Crippen molar-refractivity contribution in [3.05, 3.63) is 12.7 Å². The highest BCUT2D eigenvalue weighted by Crippen LogP contribution is 2.71. The fourth-order valence-corrected chi connectivity index (χ4v) is 6.82. The number of fused-ring (bicyclic) bond motifs is 12. The van der Waals surface area contributed by atoms with Crippen molar-refractivity contribution in [2.75, 3.05) is 0 Å². The van der Waals surface area contributed by atoms with Crippen LogP contribution < -0.4 is 0 Å². The van der Waals surface area contributed by atoms with E-state index in [1.807, 2.05) is 0 Å². The number of β-lactam (4-membered cyclic amide) rings is 1. The molecule has 0 aromatic rings. The summed E-state index contributed by atoms with van der Waals surface area (Å²) in [7, 11) is 0. The number of nitrogens with zero attached hydrogens (tertiary/aromatic N) is 1. The second kappa shape index (κ2) is 3.35.